The molecule has 0 saturated heterocycles. The van der Waals surface area contributed by atoms with Crippen molar-refractivity contribution in [3.63, 3.8) is 0 Å². The standard InChI is InChI=1S/C10H7BrF3NO5/c11-20-9(17)5-1-2-7(16)6(3-5)4-8(15(18)19)10(12,13)14/h1-3,8,16H,4H2. The summed E-state index contributed by atoms with van der Waals surface area (Å²) in [5, 5.41) is 19.9. The van der Waals surface area contributed by atoms with Gasteiger partial charge in [-0.25, -0.2) is 4.79 Å². The summed E-state index contributed by atoms with van der Waals surface area (Å²) in [6.07, 6.45) is -6.16. The van der Waals surface area contributed by atoms with Crippen molar-refractivity contribution in [2.75, 3.05) is 0 Å². The molecule has 0 aliphatic carbocycles. The summed E-state index contributed by atoms with van der Waals surface area (Å²) in [4.78, 5) is 20.1. The molecule has 0 fully saturated rings. The quantitative estimate of drug-likeness (QED) is 0.660. The summed E-state index contributed by atoms with van der Waals surface area (Å²) >= 11 is 2.40. The number of hydrogen-bond donors (Lipinski definition) is 1. The van der Waals surface area contributed by atoms with Gasteiger partial charge in [0.1, 0.15) is 5.75 Å². The van der Waals surface area contributed by atoms with Crippen LogP contribution >= 0.6 is 16.3 Å². The first-order valence-corrected chi connectivity index (χ1v) is 5.66. The topological polar surface area (TPSA) is 89.7 Å². The Bertz CT molecular complexity index is 534. The summed E-state index contributed by atoms with van der Waals surface area (Å²) in [6, 6.07) is 0.101. The molecule has 6 nitrogen and oxygen atoms in total. The van der Waals surface area contributed by atoms with E-state index < -0.39 is 35.3 Å². The molecule has 1 atom stereocenters. The van der Waals surface area contributed by atoms with Crippen LogP contribution in [0.25, 0.3) is 0 Å². The van der Waals surface area contributed by atoms with Crippen molar-refractivity contribution >= 4 is 22.2 Å². The fourth-order valence-corrected chi connectivity index (χ4v) is 1.63. The van der Waals surface area contributed by atoms with E-state index in [0.29, 0.717) is 0 Å². The Morgan fingerprint density at radius 2 is 2.10 bits per heavy atom. The first kappa shape index (κ1) is 16.2. The molecule has 0 bridgehead atoms. The van der Waals surface area contributed by atoms with Gasteiger partial charge in [0.25, 0.3) is 0 Å². The Labute approximate surface area is 118 Å². The molecule has 0 aromatic heterocycles. The lowest BCUT2D eigenvalue weighted by Crippen LogP contribution is -2.38. The van der Waals surface area contributed by atoms with Crippen LogP contribution in [-0.2, 0) is 10.2 Å². The Morgan fingerprint density at radius 3 is 2.55 bits per heavy atom. The maximum absolute atomic E-state index is 12.5. The molecule has 20 heavy (non-hydrogen) atoms. The van der Waals surface area contributed by atoms with Gasteiger partial charge < -0.3 is 8.93 Å². The molecule has 1 aromatic carbocycles. The molecule has 1 N–H and O–H groups in total. The van der Waals surface area contributed by atoms with Gasteiger partial charge in [-0.3, -0.25) is 10.1 Å². The van der Waals surface area contributed by atoms with Crippen LogP contribution in [0.4, 0.5) is 13.2 Å². The third kappa shape index (κ3) is 3.83. The van der Waals surface area contributed by atoms with Crippen molar-refractivity contribution in [2.45, 2.75) is 18.6 Å². The van der Waals surface area contributed by atoms with Crippen molar-refractivity contribution in [1.82, 2.24) is 0 Å². The minimum Gasteiger partial charge on any atom is -0.508 e. The number of carbonyl (C=O) groups excluding carboxylic acids is 1. The lowest BCUT2D eigenvalue weighted by Gasteiger charge is -2.14. The normalized spacial score (nSPS) is 12.8. The predicted octanol–water partition coefficient (Wildman–Crippen LogP) is 2.61. The van der Waals surface area contributed by atoms with Gasteiger partial charge in [-0.15, -0.1) is 0 Å². The van der Waals surface area contributed by atoms with E-state index in [1.165, 1.54) is 0 Å². The summed E-state index contributed by atoms with van der Waals surface area (Å²) in [5.74, 6) is -1.48. The van der Waals surface area contributed by atoms with E-state index in [1.54, 1.807) is 0 Å². The van der Waals surface area contributed by atoms with Crippen molar-refractivity contribution in [3.05, 3.63) is 39.4 Å². The lowest BCUT2D eigenvalue weighted by molar-refractivity contribution is -0.562. The SMILES string of the molecule is O=C(OBr)c1ccc(O)c(CC([N+](=O)[O-])C(F)(F)F)c1. The molecule has 1 aromatic rings. The van der Waals surface area contributed by atoms with Gasteiger partial charge in [0.2, 0.25) is 0 Å². The number of nitrogens with zero attached hydrogens (tertiary/aromatic N) is 1. The molecular weight excluding hydrogens is 351 g/mol. The summed E-state index contributed by atoms with van der Waals surface area (Å²) in [7, 11) is 0. The number of phenols is 1. The van der Waals surface area contributed by atoms with Gasteiger partial charge in [0, 0.05) is 10.5 Å². The van der Waals surface area contributed by atoms with E-state index in [2.05, 4.69) is 20.1 Å². The second-order valence-electron chi connectivity index (χ2n) is 3.75. The Kier molecular flexibility index (Phi) is 4.93. The van der Waals surface area contributed by atoms with Gasteiger partial charge >= 0.3 is 18.2 Å². The van der Waals surface area contributed by atoms with Crippen molar-refractivity contribution in [1.29, 1.82) is 0 Å². The number of alkyl halides is 3. The summed E-state index contributed by atoms with van der Waals surface area (Å²) in [5.41, 5.74) is -0.529. The molecule has 1 rings (SSSR count). The highest BCUT2D eigenvalue weighted by atomic mass is 79.9. The van der Waals surface area contributed by atoms with Crippen LogP contribution in [0, 0.1) is 10.1 Å². The second kappa shape index (κ2) is 6.07. The monoisotopic (exact) mass is 357 g/mol. The molecule has 0 saturated carbocycles. The van der Waals surface area contributed by atoms with Crippen molar-refractivity contribution in [2.24, 2.45) is 0 Å². The zero-order valence-electron chi connectivity index (χ0n) is 9.56. The fourth-order valence-electron chi connectivity index (χ4n) is 1.44. The van der Waals surface area contributed by atoms with Crippen LogP contribution in [0.1, 0.15) is 15.9 Å². The van der Waals surface area contributed by atoms with Gasteiger partial charge in [0.15, 0.2) is 16.3 Å². The van der Waals surface area contributed by atoms with E-state index in [1.807, 2.05) is 0 Å². The number of hydrogen-bond acceptors (Lipinski definition) is 5. The largest absolute Gasteiger partial charge is 0.508 e. The molecule has 0 spiro atoms. The number of phenolic OH excluding ortho intramolecular Hbond substituents is 1. The van der Waals surface area contributed by atoms with Gasteiger partial charge in [0.05, 0.1) is 12.0 Å². The number of halogens is 4. The second-order valence-corrected chi connectivity index (χ2v) is 4.08. The van der Waals surface area contributed by atoms with Crippen LogP contribution in [0.5, 0.6) is 5.75 Å². The van der Waals surface area contributed by atoms with Crippen molar-refractivity contribution < 1.29 is 31.8 Å². The molecular formula is C10H7BrF3NO5. The Morgan fingerprint density at radius 1 is 1.50 bits per heavy atom. The van der Waals surface area contributed by atoms with Crippen LogP contribution in [-0.4, -0.2) is 28.2 Å². The average molecular weight is 358 g/mol. The van der Waals surface area contributed by atoms with Gasteiger partial charge in [-0.2, -0.15) is 13.2 Å². The lowest BCUT2D eigenvalue weighted by atomic mass is 10.0. The molecule has 0 amide bonds. The number of carbonyl (C=O) groups is 1. The number of rotatable bonds is 4. The molecule has 1 unspecified atom stereocenters. The first-order chi connectivity index (χ1) is 9.16. The minimum absolute atomic E-state index is 0.154. The highest BCUT2D eigenvalue weighted by Crippen LogP contribution is 2.29. The molecule has 0 radical (unpaired) electrons. The molecule has 0 heterocycles. The van der Waals surface area contributed by atoms with Gasteiger partial charge in [-0.1, -0.05) is 0 Å². The highest BCUT2D eigenvalue weighted by molar-refractivity contribution is 9.06. The molecule has 0 aliphatic heterocycles. The van der Waals surface area contributed by atoms with Crippen LogP contribution in [0.15, 0.2) is 18.2 Å². The van der Waals surface area contributed by atoms with Gasteiger partial charge in [-0.05, 0) is 18.2 Å². The Hall–Kier alpha value is -1.84. The predicted molar refractivity (Wildman–Crippen MR) is 63.0 cm³/mol. The van der Waals surface area contributed by atoms with Crippen LogP contribution in [0.3, 0.4) is 0 Å². The fraction of sp³-hybridized carbons (Fsp3) is 0.300. The van der Waals surface area contributed by atoms with Crippen LogP contribution < -0.4 is 0 Å². The maximum Gasteiger partial charge on any atom is 0.457 e. The molecule has 0 aliphatic rings. The van der Waals surface area contributed by atoms with E-state index in [-0.39, 0.29) is 11.1 Å². The summed E-state index contributed by atoms with van der Waals surface area (Å²) < 4.78 is 41.7. The average Bonchev–Trinajstić information content (AvgIpc) is 2.34. The first-order valence-electron chi connectivity index (χ1n) is 5.01. The van der Waals surface area contributed by atoms with Crippen molar-refractivity contribution in [3.8, 4) is 5.75 Å². The third-order valence-corrected chi connectivity index (χ3v) is 2.72. The number of aromatic hydroxyl groups is 1. The number of nitro groups is 1. The van der Waals surface area contributed by atoms with Crippen LogP contribution in [0.2, 0.25) is 0 Å². The number of benzene rings is 1. The smallest absolute Gasteiger partial charge is 0.457 e. The van der Waals surface area contributed by atoms with E-state index >= 15 is 0 Å². The molecule has 10 heteroatoms. The Balaban J connectivity index is 3.13. The van der Waals surface area contributed by atoms with E-state index in [4.69, 9.17) is 0 Å². The van der Waals surface area contributed by atoms with E-state index in [0.717, 1.165) is 18.2 Å². The maximum atomic E-state index is 12.5. The third-order valence-electron chi connectivity index (χ3n) is 2.43. The zero-order valence-corrected chi connectivity index (χ0v) is 11.1. The highest BCUT2D eigenvalue weighted by Gasteiger charge is 2.49. The minimum atomic E-state index is -5.07. The molecule has 110 valence electrons. The zero-order chi connectivity index (χ0) is 15.5. The summed E-state index contributed by atoms with van der Waals surface area (Å²) in [6.45, 7) is 0. The van der Waals surface area contributed by atoms with E-state index in [9.17, 15) is 33.2 Å².